The lowest BCUT2D eigenvalue weighted by molar-refractivity contribution is -0.232. The van der Waals surface area contributed by atoms with E-state index in [0.717, 1.165) is 5.01 Å². The molecule has 2 aliphatic heterocycles. The molecular weight excluding hydrogens is 497 g/mol. The van der Waals surface area contributed by atoms with E-state index in [0.29, 0.717) is 25.0 Å². The number of fused-ring (bicyclic) bond motifs is 1. The van der Waals surface area contributed by atoms with Crippen molar-refractivity contribution in [3.8, 4) is 12.3 Å². The minimum absolute atomic E-state index is 0.0805. The van der Waals surface area contributed by atoms with Gasteiger partial charge in [0.1, 0.15) is 11.6 Å². The molecule has 1 aromatic rings. The molecule has 2 aliphatic rings. The molecule has 5 unspecified atom stereocenters. The van der Waals surface area contributed by atoms with Gasteiger partial charge in [0.25, 0.3) is 0 Å². The molecule has 2 N–H and O–H groups in total. The highest BCUT2D eigenvalue weighted by Crippen LogP contribution is 2.46. The van der Waals surface area contributed by atoms with Crippen LogP contribution in [0.15, 0.2) is 11.2 Å². The van der Waals surface area contributed by atoms with Gasteiger partial charge in [0.15, 0.2) is 11.9 Å². The minimum atomic E-state index is -2.30. The summed E-state index contributed by atoms with van der Waals surface area (Å²) in [6.45, 7) is 8.71. The number of Topliss-reactive ketones (excluding diaryl/α,β-unsaturated/α-hetero) is 1. The van der Waals surface area contributed by atoms with Gasteiger partial charge in [-0.2, -0.15) is 0 Å². The highest BCUT2D eigenvalue weighted by atomic mass is 32.1. The predicted octanol–water partition coefficient (Wildman–Crippen LogP) is 4.74. The number of carbonyl (C=O) groups excluding carboxylic acids is 2. The maximum absolute atomic E-state index is 15.3. The summed E-state index contributed by atoms with van der Waals surface area (Å²) in [7, 11) is 0. The van der Waals surface area contributed by atoms with Crippen LogP contribution >= 0.6 is 11.3 Å². The maximum Gasteiger partial charge on any atom is 0.306 e. The first kappa shape index (κ1) is 29.4. The lowest BCUT2D eigenvalue weighted by Gasteiger charge is -2.38. The molecule has 37 heavy (non-hydrogen) atoms. The van der Waals surface area contributed by atoms with Gasteiger partial charge in [0.2, 0.25) is 0 Å². The molecule has 204 valence electrons. The summed E-state index contributed by atoms with van der Waals surface area (Å²) in [5.74, 6) is -3.42. The number of halogens is 1. The summed E-state index contributed by atoms with van der Waals surface area (Å²) in [6, 6.07) is 0. The summed E-state index contributed by atoms with van der Waals surface area (Å²) >= 11 is 1.40. The zero-order valence-electron chi connectivity index (χ0n) is 22.3. The van der Waals surface area contributed by atoms with Crippen molar-refractivity contribution in [2.24, 2.45) is 17.3 Å². The van der Waals surface area contributed by atoms with E-state index in [-0.39, 0.29) is 31.8 Å². The van der Waals surface area contributed by atoms with E-state index in [9.17, 15) is 19.8 Å². The lowest BCUT2D eigenvalue weighted by Crippen LogP contribution is -2.51. The van der Waals surface area contributed by atoms with Crippen molar-refractivity contribution in [1.82, 2.24) is 4.98 Å². The van der Waals surface area contributed by atoms with Crippen molar-refractivity contribution in [2.75, 3.05) is 0 Å². The van der Waals surface area contributed by atoms with Crippen LogP contribution < -0.4 is 0 Å². The largest absolute Gasteiger partial charge is 0.455 e. The SMILES string of the molecule is C#CCC1C(=O)C(C)(C)CCC(=O)OC(/C(F)=C/c2csc(C)n2)CC2OC2(C)CCCC(C)C1(O)O. The molecule has 1 aromatic heterocycles. The number of ether oxygens (including phenoxy) is 2. The fourth-order valence-electron chi connectivity index (χ4n) is 5.00. The van der Waals surface area contributed by atoms with Gasteiger partial charge < -0.3 is 19.7 Å². The summed E-state index contributed by atoms with van der Waals surface area (Å²) in [6.07, 6.45) is 6.88. The average molecular weight is 536 g/mol. The normalized spacial score (nSPS) is 33.2. The number of carbonyl (C=O) groups is 2. The number of aliphatic hydroxyl groups is 2. The van der Waals surface area contributed by atoms with Crippen LogP contribution in [0.2, 0.25) is 0 Å². The van der Waals surface area contributed by atoms with Gasteiger partial charge in [-0.05, 0) is 39.2 Å². The molecule has 0 aliphatic carbocycles. The fourth-order valence-corrected chi connectivity index (χ4v) is 5.57. The van der Waals surface area contributed by atoms with Crippen molar-refractivity contribution in [1.29, 1.82) is 0 Å². The molecule has 0 bridgehead atoms. The van der Waals surface area contributed by atoms with Crippen LogP contribution in [0, 0.1) is 36.5 Å². The third-order valence-corrected chi connectivity index (χ3v) is 8.57. The molecule has 7 nitrogen and oxygen atoms in total. The number of aromatic nitrogens is 1. The minimum Gasteiger partial charge on any atom is -0.455 e. The quantitative estimate of drug-likeness (QED) is 0.249. The van der Waals surface area contributed by atoms with Crippen molar-refractivity contribution < 1.29 is 33.7 Å². The Kier molecular flexibility index (Phi) is 9.01. The van der Waals surface area contributed by atoms with Gasteiger partial charge in [-0.3, -0.25) is 9.59 Å². The van der Waals surface area contributed by atoms with Crippen LogP contribution in [0.4, 0.5) is 4.39 Å². The number of rotatable bonds is 3. The van der Waals surface area contributed by atoms with Gasteiger partial charge in [-0.1, -0.05) is 27.2 Å². The van der Waals surface area contributed by atoms with Gasteiger partial charge in [0.05, 0.1) is 28.3 Å². The average Bonchev–Trinajstić information content (AvgIpc) is 3.26. The molecule has 5 atom stereocenters. The van der Waals surface area contributed by atoms with Crippen LogP contribution in [0.5, 0.6) is 0 Å². The number of hydrogen-bond acceptors (Lipinski definition) is 8. The number of epoxide rings is 1. The Morgan fingerprint density at radius 1 is 1.32 bits per heavy atom. The highest BCUT2D eigenvalue weighted by Gasteiger charge is 2.54. The number of cyclic esters (lactones) is 1. The summed E-state index contributed by atoms with van der Waals surface area (Å²) < 4.78 is 26.8. The Bertz CT molecular complexity index is 1070. The number of esters is 1. The highest BCUT2D eigenvalue weighted by molar-refractivity contribution is 7.09. The molecule has 0 spiro atoms. The second-order valence-electron chi connectivity index (χ2n) is 11.2. The lowest BCUT2D eigenvalue weighted by atomic mass is 9.71. The van der Waals surface area contributed by atoms with E-state index < -0.39 is 52.3 Å². The van der Waals surface area contributed by atoms with Gasteiger partial charge in [0, 0.05) is 36.0 Å². The van der Waals surface area contributed by atoms with E-state index in [1.54, 1.807) is 26.2 Å². The molecule has 0 amide bonds. The van der Waals surface area contributed by atoms with E-state index in [4.69, 9.17) is 15.9 Å². The number of terminal acetylenes is 1. The molecular formula is C28H38FNO6S. The number of thiazole rings is 1. The van der Waals surface area contributed by atoms with Crippen molar-refractivity contribution in [3.63, 3.8) is 0 Å². The van der Waals surface area contributed by atoms with E-state index in [1.165, 1.54) is 17.4 Å². The Morgan fingerprint density at radius 2 is 2.03 bits per heavy atom. The second kappa shape index (κ2) is 11.3. The van der Waals surface area contributed by atoms with Crippen molar-refractivity contribution in [2.45, 2.75) is 103 Å². The Labute approximate surface area is 222 Å². The molecule has 3 heterocycles. The number of hydrogen-bond donors (Lipinski definition) is 2. The Hall–Kier alpha value is -2.12. The molecule has 2 saturated heterocycles. The first-order valence-corrected chi connectivity index (χ1v) is 13.7. The summed E-state index contributed by atoms with van der Waals surface area (Å²) in [5, 5.41) is 24.6. The van der Waals surface area contributed by atoms with E-state index in [2.05, 4.69) is 10.9 Å². The number of aryl methyl sites for hydroxylation is 1. The summed E-state index contributed by atoms with van der Waals surface area (Å²) in [4.78, 5) is 30.5. The van der Waals surface area contributed by atoms with Crippen molar-refractivity contribution >= 4 is 29.2 Å². The first-order chi connectivity index (χ1) is 17.2. The van der Waals surface area contributed by atoms with Gasteiger partial charge in [-0.25, -0.2) is 9.37 Å². The second-order valence-corrected chi connectivity index (χ2v) is 12.3. The van der Waals surface area contributed by atoms with Crippen LogP contribution in [0.3, 0.4) is 0 Å². The first-order valence-electron chi connectivity index (χ1n) is 12.8. The molecule has 9 heteroatoms. The van der Waals surface area contributed by atoms with E-state index >= 15 is 4.39 Å². The molecule has 0 aromatic carbocycles. The fraction of sp³-hybridized carbons (Fsp3) is 0.679. The van der Waals surface area contributed by atoms with Crippen LogP contribution in [0.25, 0.3) is 6.08 Å². The van der Waals surface area contributed by atoms with Crippen LogP contribution in [0.1, 0.15) is 83.3 Å². The maximum atomic E-state index is 15.3. The standard InChI is InChI=1S/C28H38FNO6S/c1-7-9-20-25(32)26(4,5)13-11-24(31)35-22(21(29)14-19-16-37-18(3)30-19)15-23-27(6,36-23)12-8-10-17(2)28(20,33)34/h1,14,16-17,20,22-23,33-34H,8-13,15H2,2-6H3/b21-14-. The zero-order chi connectivity index (χ0) is 27.6. The van der Waals surface area contributed by atoms with Crippen LogP contribution in [-0.2, 0) is 19.1 Å². The number of nitrogens with zero attached hydrogens (tertiary/aromatic N) is 1. The molecule has 3 rings (SSSR count). The number of ketones is 1. The molecule has 2 fully saturated rings. The topological polar surface area (TPSA) is 109 Å². The molecule has 0 saturated carbocycles. The Morgan fingerprint density at radius 3 is 2.65 bits per heavy atom. The monoisotopic (exact) mass is 535 g/mol. The summed E-state index contributed by atoms with van der Waals surface area (Å²) in [5.41, 5.74) is -1.17. The third kappa shape index (κ3) is 7.05. The van der Waals surface area contributed by atoms with Gasteiger partial charge >= 0.3 is 5.97 Å². The van der Waals surface area contributed by atoms with Gasteiger partial charge in [-0.15, -0.1) is 23.7 Å². The Balaban J connectivity index is 1.87. The predicted molar refractivity (Wildman–Crippen MR) is 139 cm³/mol. The third-order valence-electron chi connectivity index (χ3n) is 7.78. The zero-order valence-corrected chi connectivity index (χ0v) is 23.1. The van der Waals surface area contributed by atoms with Crippen molar-refractivity contribution in [3.05, 3.63) is 21.9 Å². The molecule has 0 radical (unpaired) electrons. The smallest absolute Gasteiger partial charge is 0.306 e. The van der Waals surface area contributed by atoms with Crippen LogP contribution in [-0.4, -0.2) is 50.5 Å². The van der Waals surface area contributed by atoms with E-state index in [1.807, 2.05) is 13.8 Å².